The predicted octanol–water partition coefficient (Wildman–Crippen LogP) is 4.31. The van der Waals surface area contributed by atoms with Crippen molar-refractivity contribution in [3.63, 3.8) is 0 Å². The van der Waals surface area contributed by atoms with Gasteiger partial charge in [-0.25, -0.2) is 8.42 Å². The summed E-state index contributed by atoms with van der Waals surface area (Å²) in [5.74, 6) is -0.162. The van der Waals surface area contributed by atoms with Crippen LogP contribution in [0.2, 0.25) is 0 Å². The number of aryl methyl sites for hydroxylation is 2. The van der Waals surface area contributed by atoms with Crippen LogP contribution in [0.1, 0.15) is 34.6 Å². The van der Waals surface area contributed by atoms with Gasteiger partial charge in [0.05, 0.1) is 19.1 Å². The molecule has 1 aliphatic carbocycles. The number of esters is 1. The monoisotopic (exact) mass is 479 g/mol. The van der Waals surface area contributed by atoms with Gasteiger partial charge in [-0.15, -0.1) is 0 Å². The number of fused-ring (bicyclic) bond motifs is 1. The van der Waals surface area contributed by atoms with E-state index in [1.807, 2.05) is 55.5 Å². The Morgan fingerprint density at radius 1 is 1.00 bits per heavy atom. The molecule has 0 amide bonds. The van der Waals surface area contributed by atoms with Gasteiger partial charge in [-0.05, 0) is 60.7 Å². The van der Waals surface area contributed by atoms with Crippen molar-refractivity contribution < 1.29 is 22.7 Å². The number of rotatable bonds is 7. The highest BCUT2D eigenvalue weighted by atomic mass is 32.2. The highest BCUT2D eigenvalue weighted by Gasteiger charge is 2.41. The van der Waals surface area contributed by atoms with Gasteiger partial charge in [0.1, 0.15) is 12.3 Å². The largest absolute Gasteiger partial charge is 0.497 e. The van der Waals surface area contributed by atoms with E-state index in [9.17, 15) is 13.2 Å². The van der Waals surface area contributed by atoms with Crippen LogP contribution in [-0.4, -0.2) is 45.5 Å². The number of ether oxygens (including phenoxy) is 2. The minimum absolute atomic E-state index is 0.158. The van der Waals surface area contributed by atoms with Crippen molar-refractivity contribution in [1.82, 2.24) is 4.31 Å². The topological polar surface area (TPSA) is 72.9 Å². The Labute approximate surface area is 201 Å². The number of sulfonamides is 1. The van der Waals surface area contributed by atoms with Crippen LogP contribution in [0, 0.1) is 6.92 Å². The Bertz CT molecular complexity index is 1260. The molecule has 0 aliphatic heterocycles. The third kappa shape index (κ3) is 4.72. The van der Waals surface area contributed by atoms with Crippen LogP contribution in [0.4, 0.5) is 0 Å². The molecule has 178 valence electrons. The Kier molecular flexibility index (Phi) is 7.05. The van der Waals surface area contributed by atoms with Crippen LogP contribution in [0.25, 0.3) is 0 Å². The molecular weight excluding hydrogens is 450 g/mol. The maximum absolute atomic E-state index is 13.9. The fourth-order valence-corrected chi connectivity index (χ4v) is 6.29. The molecule has 0 bridgehead atoms. The van der Waals surface area contributed by atoms with E-state index in [4.69, 9.17) is 9.47 Å². The van der Waals surface area contributed by atoms with Crippen molar-refractivity contribution in [3.8, 4) is 5.75 Å². The minimum atomic E-state index is -3.98. The first-order valence-electron chi connectivity index (χ1n) is 11.2. The van der Waals surface area contributed by atoms with E-state index in [1.165, 1.54) is 11.4 Å². The summed E-state index contributed by atoms with van der Waals surface area (Å²) < 4.78 is 39.5. The first-order chi connectivity index (χ1) is 16.3. The highest BCUT2D eigenvalue weighted by Crippen LogP contribution is 2.42. The lowest BCUT2D eigenvalue weighted by Gasteiger charge is -2.40. The van der Waals surface area contributed by atoms with Crippen molar-refractivity contribution in [2.45, 2.75) is 36.6 Å². The molecule has 6 nitrogen and oxygen atoms in total. The number of carbonyl (C=O) groups is 1. The number of carbonyl (C=O) groups excluding carboxylic acids is 1. The van der Waals surface area contributed by atoms with Gasteiger partial charge in [0, 0.05) is 12.0 Å². The van der Waals surface area contributed by atoms with Crippen LogP contribution in [-0.2, 0) is 26.0 Å². The maximum atomic E-state index is 13.9. The van der Waals surface area contributed by atoms with Gasteiger partial charge < -0.3 is 9.47 Å². The van der Waals surface area contributed by atoms with Crippen molar-refractivity contribution in [1.29, 1.82) is 0 Å². The van der Waals surface area contributed by atoms with Gasteiger partial charge in [0.15, 0.2) is 0 Å². The molecule has 3 aromatic rings. The second-order valence-corrected chi connectivity index (χ2v) is 10.4. The summed E-state index contributed by atoms with van der Waals surface area (Å²) in [5.41, 5.74) is 4.10. The molecule has 2 atom stereocenters. The fourth-order valence-electron chi connectivity index (χ4n) is 4.68. The SMILES string of the molecule is COC(=O)CN([C@@H]1CCc2ccc(OC)cc2[C@H]1c1ccccc1)S(=O)(=O)c1ccc(C)cc1. The molecule has 0 saturated carbocycles. The van der Waals surface area contributed by atoms with Crippen molar-refractivity contribution >= 4 is 16.0 Å². The zero-order valence-electron chi connectivity index (χ0n) is 19.6. The summed E-state index contributed by atoms with van der Waals surface area (Å²) in [6.07, 6.45) is 1.26. The van der Waals surface area contributed by atoms with E-state index >= 15 is 0 Å². The summed E-state index contributed by atoms with van der Waals surface area (Å²) in [7, 11) is -1.09. The lowest BCUT2D eigenvalue weighted by atomic mass is 9.75. The third-order valence-electron chi connectivity index (χ3n) is 6.45. The van der Waals surface area contributed by atoms with E-state index in [0.717, 1.165) is 22.3 Å². The average molecular weight is 480 g/mol. The molecular formula is C27H29NO5S. The van der Waals surface area contributed by atoms with Crippen LogP contribution < -0.4 is 4.74 Å². The molecule has 0 fully saturated rings. The van der Waals surface area contributed by atoms with Gasteiger partial charge in [0.2, 0.25) is 10.0 Å². The highest BCUT2D eigenvalue weighted by molar-refractivity contribution is 7.89. The molecule has 34 heavy (non-hydrogen) atoms. The molecule has 0 heterocycles. The number of hydrogen-bond donors (Lipinski definition) is 0. The smallest absolute Gasteiger partial charge is 0.321 e. The summed E-state index contributed by atoms with van der Waals surface area (Å²) in [4.78, 5) is 12.6. The van der Waals surface area contributed by atoms with Crippen molar-refractivity contribution in [2.24, 2.45) is 0 Å². The van der Waals surface area contributed by atoms with Crippen molar-refractivity contribution in [2.75, 3.05) is 20.8 Å². The van der Waals surface area contributed by atoms with Gasteiger partial charge >= 0.3 is 5.97 Å². The van der Waals surface area contributed by atoms with Crippen LogP contribution in [0.3, 0.4) is 0 Å². The molecule has 7 heteroatoms. The average Bonchev–Trinajstić information content (AvgIpc) is 2.86. The molecule has 0 saturated heterocycles. The van der Waals surface area contributed by atoms with Crippen molar-refractivity contribution in [3.05, 3.63) is 95.1 Å². The molecule has 0 spiro atoms. The van der Waals surface area contributed by atoms with E-state index in [1.54, 1.807) is 31.4 Å². The molecule has 0 aromatic heterocycles. The minimum Gasteiger partial charge on any atom is -0.497 e. The third-order valence-corrected chi connectivity index (χ3v) is 8.34. The predicted molar refractivity (Wildman–Crippen MR) is 130 cm³/mol. The number of nitrogens with zero attached hydrogens (tertiary/aromatic N) is 1. The molecule has 0 radical (unpaired) electrons. The molecule has 3 aromatic carbocycles. The van der Waals surface area contributed by atoms with E-state index < -0.39 is 22.0 Å². The molecule has 4 rings (SSSR count). The number of hydrogen-bond acceptors (Lipinski definition) is 5. The number of methoxy groups -OCH3 is 2. The Morgan fingerprint density at radius 2 is 1.71 bits per heavy atom. The van der Waals surface area contributed by atoms with Crippen LogP contribution in [0.5, 0.6) is 5.75 Å². The molecule has 0 unspecified atom stereocenters. The van der Waals surface area contributed by atoms with Gasteiger partial charge in [-0.2, -0.15) is 4.31 Å². The summed E-state index contributed by atoms with van der Waals surface area (Å²) in [6, 6.07) is 22.0. The second kappa shape index (κ2) is 9.99. The van der Waals surface area contributed by atoms with Crippen LogP contribution in [0.15, 0.2) is 77.7 Å². The van der Waals surface area contributed by atoms with Gasteiger partial charge in [-0.3, -0.25) is 4.79 Å². The first kappa shape index (κ1) is 24.0. The zero-order chi connectivity index (χ0) is 24.3. The first-order valence-corrected chi connectivity index (χ1v) is 12.7. The standard InChI is InChI=1S/C27H29NO5S/c1-19-9-14-23(15-10-19)34(30,31)28(18-26(29)33-3)25-16-12-20-11-13-22(32-2)17-24(20)27(25)21-7-5-4-6-8-21/h4-11,13-15,17,25,27H,12,16,18H2,1-3H3/t25-,27-/m1/s1. The van der Waals surface area contributed by atoms with Gasteiger partial charge in [0.25, 0.3) is 0 Å². The molecule has 0 N–H and O–H groups in total. The number of benzene rings is 3. The Hall–Kier alpha value is -3.16. The normalized spacial score (nSPS) is 17.8. The fraction of sp³-hybridized carbons (Fsp3) is 0.296. The summed E-state index contributed by atoms with van der Waals surface area (Å²) >= 11 is 0. The molecule has 1 aliphatic rings. The lowest BCUT2D eigenvalue weighted by molar-refractivity contribution is -0.141. The van der Waals surface area contributed by atoms with E-state index in [0.29, 0.717) is 18.6 Å². The second-order valence-electron chi connectivity index (χ2n) is 8.50. The lowest BCUT2D eigenvalue weighted by Crippen LogP contribution is -2.48. The van der Waals surface area contributed by atoms with Crippen LogP contribution >= 0.6 is 0 Å². The summed E-state index contributed by atoms with van der Waals surface area (Å²) in [5, 5.41) is 0. The zero-order valence-corrected chi connectivity index (χ0v) is 20.4. The maximum Gasteiger partial charge on any atom is 0.321 e. The van der Waals surface area contributed by atoms with E-state index in [2.05, 4.69) is 0 Å². The van der Waals surface area contributed by atoms with E-state index in [-0.39, 0.29) is 17.4 Å². The van der Waals surface area contributed by atoms with Gasteiger partial charge in [-0.1, -0.05) is 54.1 Å². The Morgan fingerprint density at radius 3 is 2.35 bits per heavy atom. The quantitative estimate of drug-likeness (QED) is 0.472. The summed E-state index contributed by atoms with van der Waals surface area (Å²) in [6.45, 7) is 1.54. The Balaban J connectivity index is 1.88.